The molecule has 0 bridgehead atoms. The van der Waals surface area contributed by atoms with E-state index in [0.29, 0.717) is 6.61 Å². The van der Waals surface area contributed by atoms with Crippen molar-refractivity contribution >= 4 is 12.0 Å². The molecule has 0 fully saturated rings. The molecule has 0 aliphatic carbocycles. The standard InChI is InChI=1S/C19H30NO2/c1-6-16(3)19(21)22-14-8-13-20(4,5)15-18-11-9-17(7-2)10-12-18/h7,9-12,16H,2,6,8,13-15H2,1,3-5H3/q+1. The maximum Gasteiger partial charge on any atom is 0.308 e. The number of hydrogen-bond donors (Lipinski definition) is 0. The fourth-order valence-electron chi connectivity index (χ4n) is 2.31. The summed E-state index contributed by atoms with van der Waals surface area (Å²) in [7, 11) is 4.41. The molecule has 1 aromatic rings. The van der Waals surface area contributed by atoms with E-state index in [1.54, 1.807) is 0 Å². The predicted octanol–water partition coefficient (Wildman–Crippen LogP) is 3.89. The third-order valence-electron chi connectivity index (χ3n) is 3.99. The van der Waals surface area contributed by atoms with Crippen molar-refractivity contribution in [1.82, 2.24) is 0 Å². The number of quaternary nitrogens is 1. The molecule has 1 rings (SSSR count). The van der Waals surface area contributed by atoms with Gasteiger partial charge in [0.05, 0.1) is 33.2 Å². The van der Waals surface area contributed by atoms with Crippen LogP contribution in [0.25, 0.3) is 6.08 Å². The van der Waals surface area contributed by atoms with Crippen molar-refractivity contribution in [2.75, 3.05) is 27.2 Å². The fourth-order valence-corrected chi connectivity index (χ4v) is 2.31. The Balaban J connectivity index is 2.36. The number of carbonyl (C=O) groups excluding carboxylic acids is 1. The van der Waals surface area contributed by atoms with Crippen LogP contribution < -0.4 is 0 Å². The topological polar surface area (TPSA) is 26.3 Å². The van der Waals surface area contributed by atoms with Crippen LogP contribution in [0.4, 0.5) is 0 Å². The molecule has 122 valence electrons. The highest BCUT2D eigenvalue weighted by Gasteiger charge is 2.17. The van der Waals surface area contributed by atoms with Gasteiger partial charge in [0, 0.05) is 12.0 Å². The van der Waals surface area contributed by atoms with Crippen LogP contribution in [-0.2, 0) is 16.1 Å². The summed E-state index contributed by atoms with van der Waals surface area (Å²) in [5.41, 5.74) is 2.46. The molecule has 0 saturated heterocycles. The van der Waals surface area contributed by atoms with Gasteiger partial charge in [-0.05, 0) is 12.0 Å². The lowest BCUT2D eigenvalue weighted by Gasteiger charge is -2.30. The molecule has 22 heavy (non-hydrogen) atoms. The highest BCUT2D eigenvalue weighted by Crippen LogP contribution is 2.12. The molecule has 3 nitrogen and oxygen atoms in total. The molecule has 0 N–H and O–H groups in total. The van der Waals surface area contributed by atoms with Gasteiger partial charge in [-0.1, -0.05) is 50.8 Å². The first-order valence-electron chi connectivity index (χ1n) is 8.08. The zero-order valence-corrected chi connectivity index (χ0v) is 14.5. The molecule has 1 atom stereocenters. The Kier molecular flexibility index (Phi) is 7.33. The van der Waals surface area contributed by atoms with E-state index in [1.807, 2.05) is 19.9 Å². The van der Waals surface area contributed by atoms with Gasteiger partial charge < -0.3 is 9.22 Å². The summed E-state index contributed by atoms with van der Waals surface area (Å²) >= 11 is 0. The summed E-state index contributed by atoms with van der Waals surface area (Å²) in [5.74, 6) is -0.0707. The van der Waals surface area contributed by atoms with Crippen LogP contribution in [0.3, 0.4) is 0 Å². The van der Waals surface area contributed by atoms with Crippen molar-refractivity contribution in [3.05, 3.63) is 42.0 Å². The normalized spacial score (nSPS) is 12.7. The van der Waals surface area contributed by atoms with Gasteiger partial charge in [0.2, 0.25) is 0 Å². The Morgan fingerprint density at radius 3 is 2.50 bits per heavy atom. The average Bonchev–Trinajstić information content (AvgIpc) is 2.50. The lowest BCUT2D eigenvalue weighted by Crippen LogP contribution is -2.40. The Morgan fingerprint density at radius 2 is 1.95 bits per heavy atom. The monoisotopic (exact) mass is 304 g/mol. The zero-order valence-electron chi connectivity index (χ0n) is 14.5. The third-order valence-corrected chi connectivity index (χ3v) is 3.99. The van der Waals surface area contributed by atoms with Gasteiger partial charge in [0.15, 0.2) is 0 Å². The van der Waals surface area contributed by atoms with Crippen LogP contribution in [0.5, 0.6) is 0 Å². The van der Waals surface area contributed by atoms with E-state index >= 15 is 0 Å². The number of ether oxygens (including phenoxy) is 1. The number of hydrogen-bond acceptors (Lipinski definition) is 2. The fraction of sp³-hybridized carbons (Fsp3) is 0.526. The van der Waals surface area contributed by atoms with Crippen LogP contribution in [-0.4, -0.2) is 37.7 Å². The van der Waals surface area contributed by atoms with Crippen LogP contribution in [0.2, 0.25) is 0 Å². The predicted molar refractivity (Wildman–Crippen MR) is 92.2 cm³/mol. The highest BCUT2D eigenvalue weighted by molar-refractivity contribution is 5.71. The van der Waals surface area contributed by atoms with Crippen molar-refractivity contribution in [2.24, 2.45) is 5.92 Å². The van der Waals surface area contributed by atoms with Crippen LogP contribution in [0.1, 0.15) is 37.8 Å². The minimum atomic E-state index is -0.0761. The lowest BCUT2D eigenvalue weighted by molar-refractivity contribution is -0.903. The van der Waals surface area contributed by atoms with Crippen LogP contribution in [0, 0.1) is 5.92 Å². The van der Waals surface area contributed by atoms with E-state index in [-0.39, 0.29) is 11.9 Å². The average molecular weight is 304 g/mol. The SMILES string of the molecule is C=Cc1ccc(C[N+](C)(C)CCCOC(=O)C(C)CC)cc1. The van der Waals surface area contributed by atoms with Crippen molar-refractivity contribution < 1.29 is 14.0 Å². The summed E-state index contributed by atoms with van der Waals surface area (Å²) in [4.78, 5) is 11.6. The molecule has 0 radical (unpaired) electrons. The summed E-state index contributed by atoms with van der Waals surface area (Å²) < 4.78 is 6.19. The number of carbonyl (C=O) groups is 1. The summed E-state index contributed by atoms with van der Waals surface area (Å²) in [6.07, 6.45) is 3.58. The number of esters is 1. The van der Waals surface area contributed by atoms with Gasteiger partial charge in [-0.15, -0.1) is 0 Å². The van der Waals surface area contributed by atoms with Crippen molar-refractivity contribution in [1.29, 1.82) is 0 Å². The first-order valence-corrected chi connectivity index (χ1v) is 8.08. The van der Waals surface area contributed by atoms with Crippen LogP contribution in [0.15, 0.2) is 30.8 Å². The molecule has 0 aliphatic heterocycles. The van der Waals surface area contributed by atoms with Gasteiger partial charge >= 0.3 is 5.97 Å². The summed E-state index contributed by atoms with van der Waals surface area (Å²) in [5, 5.41) is 0. The third kappa shape index (κ3) is 6.44. The van der Waals surface area contributed by atoms with Gasteiger partial charge in [-0.2, -0.15) is 0 Å². The van der Waals surface area contributed by atoms with Gasteiger partial charge in [-0.25, -0.2) is 0 Å². The van der Waals surface area contributed by atoms with E-state index in [2.05, 4.69) is 44.9 Å². The smallest absolute Gasteiger partial charge is 0.308 e. The minimum absolute atomic E-state index is 0.00544. The van der Waals surface area contributed by atoms with E-state index in [1.165, 1.54) is 5.56 Å². The quantitative estimate of drug-likeness (QED) is 0.393. The van der Waals surface area contributed by atoms with Gasteiger partial charge in [-0.3, -0.25) is 4.79 Å². The maximum absolute atomic E-state index is 11.6. The zero-order chi connectivity index (χ0) is 16.6. The largest absolute Gasteiger partial charge is 0.465 e. The van der Waals surface area contributed by atoms with Gasteiger partial charge in [0.25, 0.3) is 0 Å². The molecule has 0 aliphatic rings. The Bertz CT molecular complexity index is 477. The molecule has 1 unspecified atom stereocenters. The Morgan fingerprint density at radius 1 is 1.32 bits per heavy atom. The number of nitrogens with zero attached hydrogens (tertiary/aromatic N) is 1. The van der Waals surface area contributed by atoms with Crippen LogP contribution >= 0.6 is 0 Å². The summed E-state index contributed by atoms with van der Waals surface area (Å²) in [6.45, 7) is 10.2. The molecule has 0 heterocycles. The second kappa shape index (κ2) is 8.74. The molecule has 3 heteroatoms. The molecule has 0 saturated carbocycles. The Labute approximate surface area is 135 Å². The number of rotatable bonds is 9. The molecule has 0 aromatic heterocycles. The van der Waals surface area contributed by atoms with E-state index in [4.69, 9.17) is 4.74 Å². The molecule has 0 spiro atoms. The van der Waals surface area contributed by atoms with Gasteiger partial charge in [0.1, 0.15) is 6.54 Å². The highest BCUT2D eigenvalue weighted by atomic mass is 16.5. The van der Waals surface area contributed by atoms with E-state index < -0.39 is 0 Å². The first-order chi connectivity index (χ1) is 10.4. The van der Waals surface area contributed by atoms with Crippen molar-refractivity contribution in [2.45, 2.75) is 33.2 Å². The number of benzene rings is 1. The first kappa shape index (κ1) is 18.4. The molecule has 1 aromatic carbocycles. The maximum atomic E-state index is 11.6. The second-order valence-corrected chi connectivity index (χ2v) is 6.59. The molecular formula is C19H30NO2+. The van der Waals surface area contributed by atoms with Crippen molar-refractivity contribution in [3.8, 4) is 0 Å². The molecular weight excluding hydrogens is 274 g/mol. The summed E-state index contributed by atoms with van der Waals surface area (Å²) in [6, 6.07) is 8.49. The van der Waals surface area contributed by atoms with Crippen molar-refractivity contribution in [3.63, 3.8) is 0 Å². The Hall–Kier alpha value is -1.61. The van der Waals surface area contributed by atoms with E-state index in [0.717, 1.165) is 36.0 Å². The molecule has 0 amide bonds. The minimum Gasteiger partial charge on any atom is -0.465 e. The lowest BCUT2D eigenvalue weighted by atomic mass is 10.1. The van der Waals surface area contributed by atoms with E-state index in [9.17, 15) is 4.79 Å². The second-order valence-electron chi connectivity index (χ2n) is 6.59.